The van der Waals surface area contributed by atoms with E-state index in [1.54, 1.807) is 0 Å². The Bertz CT molecular complexity index is 405. The molecule has 0 unspecified atom stereocenters. The molecule has 1 fully saturated rings. The largest absolute Gasteiger partial charge is 0.461 e. The smallest absolute Gasteiger partial charge is 0.323 e. The summed E-state index contributed by atoms with van der Waals surface area (Å²) >= 11 is 0. The fourth-order valence-electron chi connectivity index (χ4n) is 1.95. The number of hydrogen-bond donors (Lipinski definition) is 3. The first kappa shape index (κ1) is 12.8. The van der Waals surface area contributed by atoms with Gasteiger partial charge >= 0.3 is 6.01 Å². The minimum atomic E-state index is 0.00889. The third-order valence-electron chi connectivity index (χ3n) is 2.79. The molecule has 1 aromatic rings. The maximum atomic E-state index is 5.45. The van der Waals surface area contributed by atoms with Crippen LogP contribution in [0.4, 0.5) is 11.9 Å². The molecule has 18 heavy (non-hydrogen) atoms. The van der Waals surface area contributed by atoms with Crippen LogP contribution in [0.25, 0.3) is 0 Å². The number of hydrazine groups is 1. The number of nitrogen functional groups attached to an aromatic ring is 1. The van der Waals surface area contributed by atoms with Crippen molar-refractivity contribution in [2.24, 2.45) is 11.8 Å². The summed E-state index contributed by atoms with van der Waals surface area (Å²) in [6.45, 7) is 6.06. The molecule has 0 amide bonds. The number of rotatable bonds is 5. The van der Waals surface area contributed by atoms with Crippen molar-refractivity contribution in [3.63, 3.8) is 0 Å². The average molecular weight is 252 g/mol. The van der Waals surface area contributed by atoms with Gasteiger partial charge in [-0.3, -0.25) is 5.43 Å². The summed E-state index contributed by atoms with van der Waals surface area (Å²) in [6, 6.07) is 0.711. The Hall–Kier alpha value is -1.63. The van der Waals surface area contributed by atoms with Gasteiger partial charge in [0.15, 0.2) is 0 Å². The Balaban J connectivity index is 2.08. The maximum absolute atomic E-state index is 5.45. The van der Waals surface area contributed by atoms with Crippen LogP contribution in [0.2, 0.25) is 0 Å². The Morgan fingerprint density at radius 2 is 1.89 bits per heavy atom. The molecule has 1 aliphatic rings. The number of nitrogens with one attached hydrogen (secondary N) is 2. The lowest BCUT2D eigenvalue weighted by Gasteiger charge is -2.33. The zero-order valence-corrected chi connectivity index (χ0v) is 11.0. The van der Waals surface area contributed by atoms with Gasteiger partial charge in [0.1, 0.15) is 0 Å². The molecule has 1 saturated carbocycles. The van der Waals surface area contributed by atoms with E-state index in [9.17, 15) is 0 Å². The molecule has 0 radical (unpaired) electrons. The Labute approximate surface area is 107 Å². The fourth-order valence-corrected chi connectivity index (χ4v) is 1.95. The Morgan fingerprint density at radius 3 is 2.44 bits per heavy atom. The van der Waals surface area contributed by atoms with Gasteiger partial charge in [0.2, 0.25) is 11.9 Å². The highest BCUT2D eigenvalue weighted by molar-refractivity contribution is 5.36. The van der Waals surface area contributed by atoms with Crippen LogP contribution in [0.1, 0.15) is 33.6 Å². The van der Waals surface area contributed by atoms with Crippen LogP contribution in [0.15, 0.2) is 0 Å². The molecule has 0 bridgehead atoms. The number of anilines is 2. The first-order chi connectivity index (χ1) is 8.56. The Morgan fingerprint density at radius 1 is 1.22 bits per heavy atom. The molecule has 1 heterocycles. The number of nitrogens with two attached hydrogens (primary N) is 1. The summed E-state index contributed by atoms with van der Waals surface area (Å²) in [5.74, 6) is 6.90. The standard InChI is InChI=1S/C11H20N6O/c1-6(2)18-11-15-9(14-10(16-11)17-12)13-8-4-7(3)5-8/h6-8H,4-5,12H2,1-3H3,(H2,13,14,15,16,17). The van der Waals surface area contributed by atoms with Crippen LogP contribution in [0, 0.1) is 5.92 Å². The van der Waals surface area contributed by atoms with E-state index >= 15 is 0 Å². The summed E-state index contributed by atoms with van der Waals surface area (Å²) in [7, 11) is 0. The monoisotopic (exact) mass is 252 g/mol. The molecular formula is C11H20N6O. The first-order valence-electron chi connectivity index (χ1n) is 6.22. The lowest BCUT2D eigenvalue weighted by Crippen LogP contribution is -2.34. The third kappa shape index (κ3) is 3.19. The molecule has 2 rings (SSSR count). The Kier molecular flexibility index (Phi) is 3.81. The number of hydrogen-bond acceptors (Lipinski definition) is 7. The molecule has 1 aromatic heterocycles. The van der Waals surface area contributed by atoms with Crippen molar-refractivity contribution in [1.29, 1.82) is 0 Å². The van der Waals surface area contributed by atoms with Crippen molar-refractivity contribution in [3.05, 3.63) is 0 Å². The second-order valence-corrected chi connectivity index (χ2v) is 4.99. The minimum Gasteiger partial charge on any atom is -0.461 e. The molecule has 0 atom stereocenters. The molecule has 7 heteroatoms. The second-order valence-electron chi connectivity index (χ2n) is 4.99. The summed E-state index contributed by atoms with van der Waals surface area (Å²) in [5.41, 5.74) is 2.42. The predicted molar refractivity (Wildman–Crippen MR) is 69.2 cm³/mol. The van der Waals surface area contributed by atoms with Gasteiger partial charge in [-0.25, -0.2) is 5.84 Å². The number of nitrogens with zero attached hydrogens (tertiary/aromatic N) is 3. The van der Waals surface area contributed by atoms with E-state index in [1.165, 1.54) is 0 Å². The lowest BCUT2D eigenvalue weighted by atomic mass is 9.82. The van der Waals surface area contributed by atoms with Crippen molar-refractivity contribution in [3.8, 4) is 6.01 Å². The fraction of sp³-hybridized carbons (Fsp3) is 0.727. The van der Waals surface area contributed by atoms with E-state index in [0.29, 0.717) is 17.9 Å². The summed E-state index contributed by atoms with van der Waals surface area (Å²) in [5, 5.41) is 3.26. The van der Waals surface area contributed by atoms with Crippen molar-refractivity contribution in [1.82, 2.24) is 15.0 Å². The van der Waals surface area contributed by atoms with Gasteiger partial charge in [0, 0.05) is 6.04 Å². The van der Waals surface area contributed by atoms with Crippen molar-refractivity contribution in [2.45, 2.75) is 45.8 Å². The van der Waals surface area contributed by atoms with E-state index in [-0.39, 0.29) is 12.1 Å². The summed E-state index contributed by atoms with van der Waals surface area (Å²) < 4.78 is 5.45. The number of ether oxygens (including phenoxy) is 1. The van der Waals surface area contributed by atoms with Crippen LogP contribution in [-0.4, -0.2) is 27.1 Å². The van der Waals surface area contributed by atoms with Gasteiger partial charge in [-0.05, 0) is 32.6 Å². The number of aromatic nitrogens is 3. The molecule has 0 aliphatic heterocycles. The quantitative estimate of drug-likeness (QED) is 0.534. The van der Waals surface area contributed by atoms with E-state index in [0.717, 1.165) is 18.8 Å². The van der Waals surface area contributed by atoms with Crippen molar-refractivity contribution < 1.29 is 4.74 Å². The zero-order valence-electron chi connectivity index (χ0n) is 11.0. The normalized spacial score (nSPS) is 22.5. The molecule has 0 saturated heterocycles. The van der Waals surface area contributed by atoms with Crippen LogP contribution in [-0.2, 0) is 0 Å². The third-order valence-corrected chi connectivity index (χ3v) is 2.79. The summed E-state index contributed by atoms with van der Waals surface area (Å²) in [4.78, 5) is 12.4. The van der Waals surface area contributed by atoms with E-state index in [4.69, 9.17) is 10.6 Å². The van der Waals surface area contributed by atoms with E-state index in [2.05, 4.69) is 32.6 Å². The minimum absolute atomic E-state index is 0.00889. The molecule has 1 aliphatic carbocycles. The highest BCUT2D eigenvalue weighted by Crippen LogP contribution is 2.28. The molecule has 0 aromatic carbocycles. The molecule has 4 N–H and O–H groups in total. The van der Waals surface area contributed by atoms with Crippen molar-refractivity contribution in [2.75, 3.05) is 10.7 Å². The lowest BCUT2D eigenvalue weighted by molar-refractivity contribution is 0.222. The van der Waals surface area contributed by atoms with Gasteiger partial charge in [-0.2, -0.15) is 15.0 Å². The van der Waals surface area contributed by atoms with E-state index in [1.807, 2.05) is 13.8 Å². The van der Waals surface area contributed by atoms with Crippen LogP contribution in [0.3, 0.4) is 0 Å². The van der Waals surface area contributed by atoms with Crippen LogP contribution < -0.4 is 21.3 Å². The van der Waals surface area contributed by atoms with Gasteiger partial charge in [-0.1, -0.05) is 6.92 Å². The van der Waals surface area contributed by atoms with Crippen LogP contribution >= 0.6 is 0 Å². The topological polar surface area (TPSA) is 98.0 Å². The highest BCUT2D eigenvalue weighted by Gasteiger charge is 2.26. The van der Waals surface area contributed by atoms with E-state index < -0.39 is 0 Å². The highest BCUT2D eigenvalue weighted by atomic mass is 16.5. The first-order valence-corrected chi connectivity index (χ1v) is 6.22. The molecule has 100 valence electrons. The molecule has 0 spiro atoms. The summed E-state index contributed by atoms with van der Waals surface area (Å²) in [6.07, 6.45) is 2.28. The second kappa shape index (κ2) is 5.34. The van der Waals surface area contributed by atoms with Gasteiger partial charge < -0.3 is 10.1 Å². The van der Waals surface area contributed by atoms with Gasteiger partial charge in [-0.15, -0.1) is 0 Å². The average Bonchev–Trinajstić information content (AvgIpc) is 2.25. The van der Waals surface area contributed by atoms with Gasteiger partial charge in [0.25, 0.3) is 0 Å². The molecular weight excluding hydrogens is 232 g/mol. The molecule has 7 nitrogen and oxygen atoms in total. The predicted octanol–water partition coefficient (Wildman–Crippen LogP) is 1.15. The maximum Gasteiger partial charge on any atom is 0.323 e. The SMILES string of the molecule is CC1CC(Nc2nc(NN)nc(OC(C)C)n2)C1. The van der Waals surface area contributed by atoms with Gasteiger partial charge in [0.05, 0.1) is 6.10 Å². The zero-order chi connectivity index (χ0) is 13.1. The van der Waals surface area contributed by atoms with Crippen LogP contribution in [0.5, 0.6) is 6.01 Å². The van der Waals surface area contributed by atoms with Crippen molar-refractivity contribution >= 4 is 11.9 Å².